The number of hydrogen-bond donors (Lipinski definition) is 2. The number of carbonyl (C=O) groups excluding carboxylic acids is 2. The fraction of sp³-hybridized carbons (Fsp3) is 0.364. The van der Waals surface area contributed by atoms with Crippen molar-refractivity contribution in [1.82, 2.24) is 10.2 Å². The second kappa shape index (κ2) is 9.88. The van der Waals surface area contributed by atoms with Crippen molar-refractivity contribution in [3.63, 3.8) is 0 Å². The largest absolute Gasteiger partial charge is 0.388 e. The molecule has 0 spiro atoms. The number of nitrogens with one attached hydrogen (secondary N) is 1. The standard InChI is InChI=1S/C22H28N2O3/c1-4-6-20(25)17-11-9-16(10-12-17)18-7-5-8-19(15-18)22(27)24(3)14-13-21(26)23-2/h5,7-12,15,20,25H,4,6,13-14H2,1-3H3,(H,23,26)/t20-/m0/s1. The van der Waals surface area contributed by atoms with Crippen LogP contribution in [0.2, 0.25) is 0 Å². The van der Waals surface area contributed by atoms with Crippen LogP contribution in [-0.2, 0) is 4.79 Å². The third-order valence-corrected chi connectivity index (χ3v) is 4.60. The van der Waals surface area contributed by atoms with Crippen LogP contribution in [0.1, 0.15) is 48.2 Å². The molecule has 5 heteroatoms. The van der Waals surface area contributed by atoms with Gasteiger partial charge in [-0.15, -0.1) is 0 Å². The maximum Gasteiger partial charge on any atom is 0.253 e. The Balaban J connectivity index is 2.12. The van der Waals surface area contributed by atoms with Crippen LogP contribution in [0.15, 0.2) is 48.5 Å². The Labute approximate surface area is 161 Å². The van der Waals surface area contributed by atoms with E-state index in [1.165, 1.54) is 0 Å². The highest BCUT2D eigenvalue weighted by atomic mass is 16.3. The van der Waals surface area contributed by atoms with Crippen molar-refractivity contribution >= 4 is 11.8 Å². The number of carbonyl (C=O) groups is 2. The van der Waals surface area contributed by atoms with Gasteiger partial charge >= 0.3 is 0 Å². The summed E-state index contributed by atoms with van der Waals surface area (Å²) in [6.45, 7) is 2.42. The molecule has 5 nitrogen and oxygen atoms in total. The molecule has 2 amide bonds. The Kier molecular flexibility index (Phi) is 7.55. The SMILES string of the molecule is CCC[C@H](O)c1ccc(-c2cccc(C(=O)N(C)CCC(=O)NC)c2)cc1. The fourth-order valence-corrected chi connectivity index (χ4v) is 2.89. The van der Waals surface area contributed by atoms with Crippen LogP contribution < -0.4 is 5.32 Å². The van der Waals surface area contributed by atoms with Gasteiger partial charge in [0.2, 0.25) is 5.91 Å². The number of hydrogen-bond acceptors (Lipinski definition) is 3. The molecule has 0 radical (unpaired) electrons. The summed E-state index contributed by atoms with van der Waals surface area (Å²) in [5.41, 5.74) is 3.42. The van der Waals surface area contributed by atoms with Crippen LogP contribution in [0.5, 0.6) is 0 Å². The lowest BCUT2D eigenvalue weighted by Gasteiger charge is -2.17. The summed E-state index contributed by atoms with van der Waals surface area (Å²) in [5, 5.41) is 12.6. The third-order valence-electron chi connectivity index (χ3n) is 4.60. The summed E-state index contributed by atoms with van der Waals surface area (Å²) in [4.78, 5) is 25.5. The highest BCUT2D eigenvalue weighted by Crippen LogP contribution is 2.25. The van der Waals surface area contributed by atoms with Crippen molar-refractivity contribution < 1.29 is 14.7 Å². The number of nitrogens with zero attached hydrogens (tertiary/aromatic N) is 1. The lowest BCUT2D eigenvalue weighted by atomic mass is 9.99. The first-order valence-corrected chi connectivity index (χ1v) is 9.30. The molecule has 0 fully saturated rings. The molecule has 1 atom stereocenters. The van der Waals surface area contributed by atoms with Gasteiger partial charge < -0.3 is 15.3 Å². The highest BCUT2D eigenvalue weighted by molar-refractivity contribution is 5.95. The average molecular weight is 368 g/mol. The first kappa shape index (κ1) is 20.6. The zero-order valence-electron chi connectivity index (χ0n) is 16.2. The molecule has 2 rings (SSSR count). The van der Waals surface area contributed by atoms with Gasteiger partial charge in [-0.2, -0.15) is 0 Å². The van der Waals surface area contributed by atoms with Crippen molar-refractivity contribution in [2.45, 2.75) is 32.3 Å². The Morgan fingerprint density at radius 3 is 2.44 bits per heavy atom. The molecule has 0 aliphatic heterocycles. The second-order valence-corrected chi connectivity index (χ2v) is 6.66. The van der Waals surface area contributed by atoms with Gasteiger partial charge in [-0.1, -0.05) is 49.7 Å². The van der Waals surface area contributed by atoms with Gasteiger partial charge in [-0.25, -0.2) is 0 Å². The van der Waals surface area contributed by atoms with E-state index < -0.39 is 6.10 Å². The van der Waals surface area contributed by atoms with Crippen molar-refractivity contribution in [3.05, 3.63) is 59.7 Å². The van der Waals surface area contributed by atoms with E-state index in [-0.39, 0.29) is 18.2 Å². The van der Waals surface area contributed by atoms with Crippen LogP contribution in [-0.4, -0.2) is 42.5 Å². The van der Waals surface area contributed by atoms with Gasteiger partial charge in [0.15, 0.2) is 0 Å². The molecular weight excluding hydrogens is 340 g/mol. The minimum atomic E-state index is -0.439. The monoisotopic (exact) mass is 368 g/mol. The van der Waals surface area contributed by atoms with Crippen LogP contribution >= 0.6 is 0 Å². The predicted octanol–water partition coefficient (Wildman–Crippen LogP) is 3.40. The number of aliphatic hydroxyl groups excluding tert-OH is 1. The normalized spacial score (nSPS) is 11.7. The summed E-state index contributed by atoms with van der Waals surface area (Å²) >= 11 is 0. The Morgan fingerprint density at radius 2 is 1.81 bits per heavy atom. The molecule has 2 aromatic carbocycles. The lowest BCUT2D eigenvalue weighted by Crippen LogP contribution is -2.31. The van der Waals surface area contributed by atoms with Gasteiger partial charge in [-0.05, 0) is 35.2 Å². The first-order chi connectivity index (χ1) is 13.0. The van der Waals surface area contributed by atoms with Crippen molar-refractivity contribution in [3.8, 4) is 11.1 Å². The van der Waals surface area contributed by atoms with Gasteiger partial charge in [0, 0.05) is 32.6 Å². The number of amides is 2. The van der Waals surface area contributed by atoms with E-state index in [1.807, 2.05) is 49.4 Å². The summed E-state index contributed by atoms with van der Waals surface area (Å²) in [5.74, 6) is -0.204. The molecule has 0 aliphatic rings. The van der Waals surface area contributed by atoms with Crippen LogP contribution in [0.4, 0.5) is 0 Å². The number of aliphatic hydroxyl groups is 1. The van der Waals surface area contributed by atoms with Gasteiger partial charge in [0.05, 0.1) is 6.10 Å². The van der Waals surface area contributed by atoms with Gasteiger partial charge in [0.1, 0.15) is 0 Å². The molecule has 0 bridgehead atoms. The number of benzene rings is 2. The zero-order chi connectivity index (χ0) is 19.8. The first-order valence-electron chi connectivity index (χ1n) is 9.30. The van der Waals surface area contributed by atoms with Crippen molar-refractivity contribution in [1.29, 1.82) is 0 Å². The predicted molar refractivity (Wildman–Crippen MR) is 107 cm³/mol. The minimum Gasteiger partial charge on any atom is -0.388 e. The van der Waals surface area contributed by atoms with E-state index in [0.717, 1.165) is 29.5 Å². The topological polar surface area (TPSA) is 69.6 Å². The van der Waals surface area contributed by atoms with Crippen LogP contribution in [0, 0.1) is 0 Å². The third kappa shape index (κ3) is 5.66. The summed E-state index contributed by atoms with van der Waals surface area (Å²) < 4.78 is 0. The molecule has 0 aliphatic carbocycles. The molecule has 27 heavy (non-hydrogen) atoms. The molecular formula is C22H28N2O3. The van der Waals surface area contributed by atoms with Gasteiger partial charge in [-0.3, -0.25) is 9.59 Å². The molecule has 0 saturated carbocycles. The van der Waals surface area contributed by atoms with Gasteiger partial charge in [0.25, 0.3) is 5.91 Å². The van der Waals surface area contributed by atoms with E-state index in [2.05, 4.69) is 5.32 Å². The molecule has 2 N–H and O–H groups in total. The maximum atomic E-state index is 12.6. The molecule has 2 aromatic rings. The van der Waals surface area contributed by atoms with E-state index in [1.54, 1.807) is 25.1 Å². The molecule has 144 valence electrons. The Bertz CT molecular complexity index is 771. The zero-order valence-corrected chi connectivity index (χ0v) is 16.2. The molecule has 0 heterocycles. The lowest BCUT2D eigenvalue weighted by molar-refractivity contribution is -0.120. The van der Waals surface area contributed by atoms with Crippen LogP contribution in [0.3, 0.4) is 0 Å². The fourth-order valence-electron chi connectivity index (χ4n) is 2.89. The molecule has 0 unspecified atom stereocenters. The van der Waals surface area contributed by atoms with Crippen molar-refractivity contribution in [2.75, 3.05) is 20.6 Å². The summed E-state index contributed by atoms with van der Waals surface area (Å²) in [6, 6.07) is 15.2. The Morgan fingerprint density at radius 1 is 1.11 bits per heavy atom. The summed E-state index contributed by atoms with van der Waals surface area (Å²) in [7, 11) is 3.28. The smallest absolute Gasteiger partial charge is 0.253 e. The Hall–Kier alpha value is -2.66. The van der Waals surface area contributed by atoms with E-state index in [0.29, 0.717) is 12.1 Å². The highest BCUT2D eigenvalue weighted by Gasteiger charge is 2.14. The molecule has 0 saturated heterocycles. The van der Waals surface area contributed by atoms with E-state index in [4.69, 9.17) is 0 Å². The van der Waals surface area contributed by atoms with E-state index in [9.17, 15) is 14.7 Å². The summed E-state index contributed by atoms with van der Waals surface area (Å²) in [6.07, 6.45) is 1.51. The quantitative estimate of drug-likeness (QED) is 0.750. The van der Waals surface area contributed by atoms with E-state index >= 15 is 0 Å². The average Bonchev–Trinajstić information content (AvgIpc) is 2.71. The van der Waals surface area contributed by atoms with Crippen molar-refractivity contribution in [2.24, 2.45) is 0 Å². The second-order valence-electron chi connectivity index (χ2n) is 6.66. The van der Waals surface area contributed by atoms with Crippen LogP contribution in [0.25, 0.3) is 11.1 Å². The number of rotatable bonds is 8. The minimum absolute atomic E-state index is 0.0891. The molecule has 0 aromatic heterocycles. The maximum absolute atomic E-state index is 12.6.